The van der Waals surface area contributed by atoms with Crippen LogP contribution in [0.25, 0.3) is 0 Å². The van der Waals surface area contributed by atoms with E-state index >= 15 is 0 Å². The first-order valence-electron chi connectivity index (χ1n) is 9.94. The van der Waals surface area contributed by atoms with Crippen LogP contribution in [0.15, 0.2) is 42.5 Å². The summed E-state index contributed by atoms with van der Waals surface area (Å²) in [6.45, 7) is 5.43. The average Bonchev–Trinajstić information content (AvgIpc) is 2.75. The standard InChI is InChI=1S/C22H29N3O4/c1-27-19-7-5-4-6-18(19)23-22(26)16-25-12-10-24(11-13-25)15-17-8-9-20(28-2)21(14-17)29-3/h4-9,14H,10-13,15-16H2,1-3H3,(H,23,26)/p+2. The molecule has 1 heterocycles. The van der Waals surface area contributed by atoms with E-state index in [1.165, 1.54) is 15.4 Å². The number of hydrogen-bond donors (Lipinski definition) is 3. The number of rotatable bonds is 8. The molecule has 1 aliphatic rings. The molecule has 7 heteroatoms. The van der Waals surface area contributed by atoms with Crippen molar-refractivity contribution in [3.63, 3.8) is 0 Å². The van der Waals surface area contributed by atoms with Crippen LogP contribution in [-0.2, 0) is 11.3 Å². The van der Waals surface area contributed by atoms with Crippen LogP contribution in [-0.4, -0.2) is 60.0 Å². The highest BCUT2D eigenvalue weighted by Crippen LogP contribution is 2.27. The van der Waals surface area contributed by atoms with Crippen LogP contribution in [0.2, 0.25) is 0 Å². The number of hydrogen-bond acceptors (Lipinski definition) is 4. The molecule has 2 aromatic rings. The van der Waals surface area contributed by atoms with Crippen LogP contribution in [0.5, 0.6) is 17.2 Å². The Bertz CT molecular complexity index is 819. The normalized spacial score (nSPS) is 18.7. The number of para-hydroxylation sites is 2. The fraction of sp³-hybridized carbons (Fsp3) is 0.409. The number of piperazine rings is 1. The molecule has 0 spiro atoms. The molecular formula is C22H31N3O4+2. The summed E-state index contributed by atoms with van der Waals surface area (Å²) in [5.41, 5.74) is 1.95. The van der Waals surface area contributed by atoms with Crippen molar-refractivity contribution < 1.29 is 28.8 Å². The third kappa shape index (κ3) is 5.62. The molecule has 0 bridgehead atoms. The summed E-state index contributed by atoms with van der Waals surface area (Å²) in [4.78, 5) is 15.3. The van der Waals surface area contributed by atoms with Crippen LogP contribution in [0.3, 0.4) is 0 Å². The lowest BCUT2D eigenvalue weighted by molar-refractivity contribution is -1.02. The maximum atomic E-state index is 12.4. The molecule has 0 atom stereocenters. The van der Waals surface area contributed by atoms with Gasteiger partial charge in [0, 0.05) is 5.56 Å². The molecule has 1 aliphatic heterocycles. The van der Waals surface area contributed by atoms with Crippen molar-refractivity contribution >= 4 is 11.6 Å². The van der Waals surface area contributed by atoms with Crippen LogP contribution >= 0.6 is 0 Å². The number of amides is 1. The van der Waals surface area contributed by atoms with E-state index in [1.807, 2.05) is 36.4 Å². The molecule has 3 N–H and O–H groups in total. The van der Waals surface area contributed by atoms with Gasteiger partial charge in [-0.05, 0) is 30.3 Å². The van der Waals surface area contributed by atoms with Gasteiger partial charge in [0.15, 0.2) is 18.0 Å². The summed E-state index contributed by atoms with van der Waals surface area (Å²) in [7, 11) is 4.91. The van der Waals surface area contributed by atoms with Gasteiger partial charge in [-0.1, -0.05) is 12.1 Å². The van der Waals surface area contributed by atoms with E-state index in [2.05, 4.69) is 11.4 Å². The summed E-state index contributed by atoms with van der Waals surface area (Å²) in [6.07, 6.45) is 0. The van der Waals surface area contributed by atoms with Gasteiger partial charge in [-0.15, -0.1) is 0 Å². The Morgan fingerprint density at radius 3 is 2.21 bits per heavy atom. The van der Waals surface area contributed by atoms with E-state index in [0.29, 0.717) is 12.3 Å². The summed E-state index contributed by atoms with van der Waals surface area (Å²) >= 11 is 0. The Kier molecular flexibility index (Phi) is 7.32. The summed E-state index contributed by atoms with van der Waals surface area (Å²) in [5.74, 6) is 2.22. The molecule has 0 aromatic heterocycles. The number of anilines is 1. The topological polar surface area (TPSA) is 65.7 Å². The van der Waals surface area contributed by atoms with Crippen molar-refractivity contribution in [2.24, 2.45) is 0 Å². The molecule has 3 rings (SSSR count). The Hall–Kier alpha value is -2.77. The van der Waals surface area contributed by atoms with Crippen molar-refractivity contribution in [3.05, 3.63) is 48.0 Å². The molecule has 1 saturated heterocycles. The second kappa shape index (κ2) is 10.1. The SMILES string of the molecule is COc1ccccc1NC(=O)C[NH+]1CC[NH+](Cc2ccc(OC)c(OC)c2)CC1. The second-order valence-corrected chi connectivity index (χ2v) is 7.29. The highest BCUT2D eigenvalue weighted by atomic mass is 16.5. The largest absolute Gasteiger partial charge is 0.495 e. The predicted octanol–water partition coefficient (Wildman–Crippen LogP) is -0.365. The molecule has 156 valence electrons. The number of benzene rings is 2. The van der Waals surface area contributed by atoms with Crippen LogP contribution in [0, 0.1) is 0 Å². The zero-order valence-corrected chi connectivity index (χ0v) is 17.4. The third-order valence-corrected chi connectivity index (χ3v) is 5.36. The fourth-order valence-electron chi connectivity index (χ4n) is 3.76. The van der Waals surface area contributed by atoms with Crippen molar-refractivity contribution in [1.82, 2.24) is 0 Å². The summed E-state index contributed by atoms with van der Waals surface area (Å²) < 4.78 is 16.0. The zero-order valence-electron chi connectivity index (χ0n) is 17.4. The van der Waals surface area contributed by atoms with E-state index < -0.39 is 0 Å². The lowest BCUT2D eigenvalue weighted by Gasteiger charge is -2.29. The molecule has 0 radical (unpaired) electrons. The Morgan fingerprint density at radius 1 is 0.862 bits per heavy atom. The molecule has 0 aliphatic carbocycles. The number of carbonyl (C=O) groups excluding carboxylic acids is 1. The monoisotopic (exact) mass is 401 g/mol. The maximum absolute atomic E-state index is 12.4. The lowest BCUT2D eigenvalue weighted by atomic mass is 10.1. The highest BCUT2D eigenvalue weighted by molar-refractivity contribution is 5.92. The van der Waals surface area contributed by atoms with Crippen molar-refractivity contribution in [1.29, 1.82) is 0 Å². The molecule has 0 saturated carbocycles. The molecule has 29 heavy (non-hydrogen) atoms. The van der Waals surface area contributed by atoms with Gasteiger partial charge in [0.1, 0.15) is 38.5 Å². The van der Waals surface area contributed by atoms with E-state index in [-0.39, 0.29) is 5.91 Å². The molecule has 1 fully saturated rings. The Morgan fingerprint density at radius 2 is 1.52 bits per heavy atom. The van der Waals surface area contributed by atoms with E-state index in [9.17, 15) is 4.79 Å². The minimum absolute atomic E-state index is 0.0211. The van der Waals surface area contributed by atoms with Crippen molar-refractivity contribution in [2.45, 2.75) is 6.54 Å². The van der Waals surface area contributed by atoms with Crippen molar-refractivity contribution in [3.8, 4) is 17.2 Å². The molecule has 7 nitrogen and oxygen atoms in total. The maximum Gasteiger partial charge on any atom is 0.279 e. The van der Waals surface area contributed by atoms with Gasteiger partial charge >= 0.3 is 0 Å². The van der Waals surface area contributed by atoms with Crippen molar-refractivity contribution in [2.75, 3.05) is 59.4 Å². The molecule has 1 amide bonds. The van der Waals surface area contributed by atoms with E-state index in [1.54, 1.807) is 21.3 Å². The first kappa shape index (κ1) is 21.0. The zero-order chi connectivity index (χ0) is 20.6. The predicted molar refractivity (Wildman–Crippen MR) is 111 cm³/mol. The summed E-state index contributed by atoms with van der Waals surface area (Å²) in [5, 5.41) is 2.97. The first-order chi connectivity index (χ1) is 14.1. The van der Waals surface area contributed by atoms with Gasteiger partial charge in [-0.2, -0.15) is 0 Å². The summed E-state index contributed by atoms with van der Waals surface area (Å²) in [6, 6.07) is 13.6. The number of methoxy groups -OCH3 is 3. The first-order valence-corrected chi connectivity index (χ1v) is 9.94. The second-order valence-electron chi connectivity index (χ2n) is 7.29. The smallest absolute Gasteiger partial charge is 0.279 e. The third-order valence-electron chi connectivity index (χ3n) is 5.36. The van der Waals surface area contributed by atoms with E-state index in [4.69, 9.17) is 14.2 Å². The molecule has 2 aromatic carbocycles. The minimum Gasteiger partial charge on any atom is -0.495 e. The Balaban J connectivity index is 1.47. The van der Waals surface area contributed by atoms with Gasteiger partial charge in [0.25, 0.3) is 5.91 Å². The van der Waals surface area contributed by atoms with Crippen LogP contribution in [0.4, 0.5) is 5.69 Å². The number of quaternary nitrogens is 2. The average molecular weight is 402 g/mol. The fourth-order valence-corrected chi connectivity index (χ4v) is 3.76. The van der Waals surface area contributed by atoms with Gasteiger partial charge in [-0.25, -0.2) is 0 Å². The van der Waals surface area contributed by atoms with Gasteiger partial charge in [0.05, 0.1) is 27.0 Å². The van der Waals surface area contributed by atoms with Gasteiger partial charge < -0.3 is 29.3 Å². The number of nitrogens with one attached hydrogen (secondary N) is 3. The minimum atomic E-state index is 0.0211. The number of ether oxygens (including phenoxy) is 3. The Labute approximate surface area is 172 Å². The lowest BCUT2D eigenvalue weighted by Crippen LogP contribution is -3.28. The quantitative estimate of drug-likeness (QED) is 0.565. The number of carbonyl (C=O) groups is 1. The molecule has 0 unspecified atom stereocenters. The van der Waals surface area contributed by atoms with Crippen LogP contribution in [0.1, 0.15) is 5.56 Å². The highest BCUT2D eigenvalue weighted by Gasteiger charge is 2.25. The molecular weight excluding hydrogens is 370 g/mol. The van der Waals surface area contributed by atoms with E-state index in [0.717, 1.165) is 49.9 Å². The van der Waals surface area contributed by atoms with Gasteiger partial charge in [0.2, 0.25) is 0 Å². The van der Waals surface area contributed by atoms with Crippen LogP contribution < -0.4 is 29.3 Å². The van der Waals surface area contributed by atoms with Gasteiger partial charge in [-0.3, -0.25) is 4.79 Å².